The first-order valence-corrected chi connectivity index (χ1v) is 14.0. The first kappa shape index (κ1) is 26.3. The van der Waals surface area contributed by atoms with Crippen LogP contribution >= 0.6 is 27.7 Å². The van der Waals surface area contributed by atoms with E-state index in [1.807, 2.05) is 55.9 Å². The predicted octanol–water partition coefficient (Wildman–Crippen LogP) is 8.64. The summed E-state index contributed by atoms with van der Waals surface area (Å²) in [6, 6.07) is 22.4. The van der Waals surface area contributed by atoms with E-state index in [0.29, 0.717) is 12.2 Å². The number of fused-ring (bicyclic) bond motifs is 1. The Bertz CT molecular complexity index is 1380. The number of carbonyl (C=O) groups is 1. The molecule has 0 saturated heterocycles. The van der Waals surface area contributed by atoms with Crippen LogP contribution in [-0.2, 0) is 17.6 Å². The minimum Gasteiger partial charge on any atom is -0.478 e. The average Bonchev–Trinajstić information content (AvgIpc) is 2.87. The highest BCUT2D eigenvalue weighted by Crippen LogP contribution is 2.45. The fourth-order valence-electron chi connectivity index (χ4n) is 4.82. The molecule has 0 fully saturated rings. The average molecular weight is 564 g/mol. The summed E-state index contributed by atoms with van der Waals surface area (Å²) in [4.78, 5) is 13.3. The van der Waals surface area contributed by atoms with Gasteiger partial charge in [-0.15, -0.1) is 11.8 Å². The molecule has 4 aromatic carbocycles. The van der Waals surface area contributed by atoms with E-state index in [-0.39, 0.29) is 0 Å². The maximum atomic E-state index is 12.0. The molecular weight excluding hydrogens is 532 g/mol. The van der Waals surface area contributed by atoms with E-state index in [9.17, 15) is 9.90 Å². The van der Waals surface area contributed by atoms with Gasteiger partial charge in [0, 0.05) is 15.8 Å². The second kappa shape index (κ2) is 11.5. The fourth-order valence-corrected chi connectivity index (χ4v) is 6.69. The smallest absolute Gasteiger partial charge is 0.345 e. The van der Waals surface area contributed by atoms with Gasteiger partial charge < -0.3 is 9.84 Å². The Morgan fingerprint density at radius 2 is 1.58 bits per heavy atom. The van der Waals surface area contributed by atoms with Gasteiger partial charge in [-0.25, -0.2) is 4.79 Å². The van der Waals surface area contributed by atoms with Crippen LogP contribution in [-0.4, -0.2) is 22.9 Å². The number of hydrogen-bond acceptors (Lipinski definition) is 3. The highest BCUT2D eigenvalue weighted by Gasteiger charge is 2.24. The molecule has 0 aromatic heterocycles. The van der Waals surface area contributed by atoms with Crippen molar-refractivity contribution in [3.8, 4) is 16.9 Å². The highest BCUT2D eigenvalue weighted by atomic mass is 79.9. The van der Waals surface area contributed by atoms with Crippen molar-refractivity contribution in [3.05, 3.63) is 93.5 Å². The van der Waals surface area contributed by atoms with Crippen LogP contribution in [0.15, 0.2) is 76.1 Å². The molecule has 0 spiro atoms. The first-order chi connectivity index (χ1) is 17.3. The van der Waals surface area contributed by atoms with Gasteiger partial charge >= 0.3 is 5.97 Å². The van der Waals surface area contributed by atoms with Crippen LogP contribution in [0.5, 0.6) is 5.75 Å². The molecule has 0 heterocycles. The van der Waals surface area contributed by atoms with Crippen LogP contribution in [0.2, 0.25) is 0 Å². The van der Waals surface area contributed by atoms with Crippen molar-refractivity contribution in [2.24, 2.45) is 0 Å². The van der Waals surface area contributed by atoms with Crippen LogP contribution in [0.1, 0.15) is 36.1 Å². The maximum Gasteiger partial charge on any atom is 0.345 e. The maximum absolute atomic E-state index is 12.0. The lowest BCUT2D eigenvalue weighted by molar-refractivity contribution is -0.145. The Kier molecular flexibility index (Phi) is 8.43. The number of aryl methyl sites for hydroxylation is 2. The molecule has 0 aliphatic rings. The molecule has 1 atom stereocenters. The molecule has 3 nitrogen and oxygen atoms in total. The van der Waals surface area contributed by atoms with E-state index in [1.165, 1.54) is 26.8 Å². The SMILES string of the molecule is CCSc1c(CC)c(-c2cc(C)c(O[C@H](Cc3ccccc3)C(=O)O)c(C)c2)c2ccccc2c1Br. The number of carboxylic acids is 1. The summed E-state index contributed by atoms with van der Waals surface area (Å²) >= 11 is 5.76. The first-order valence-electron chi connectivity index (χ1n) is 12.3. The largest absolute Gasteiger partial charge is 0.478 e. The van der Waals surface area contributed by atoms with Crippen molar-refractivity contribution in [1.82, 2.24) is 0 Å². The van der Waals surface area contributed by atoms with E-state index in [0.717, 1.165) is 38.9 Å². The summed E-state index contributed by atoms with van der Waals surface area (Å²) in [5.74, 6) is 0.673. The van der Waals surface area contributed by atoms with Crippen molar-refractivity contribution >= 4 is 44.4 Å². The normalized spacial score (nSPS) is 12.0. The second-order valence-electron chi connectivity index (χ2n) is 8.90. The summed E-state index contributed by atoms with van der Waals surface area (Å²) in [6.45, 7) is 8.39. The van der Waals surface area contributed by atoms with Crippen molar-refractivity contribution < 1.29 is 14.6 Å². The number of aliphatic carboxylic acids is 1. The summed E-state index contributed by atoms with van der Waals surface area (Å²) in [5, 5.41) is 12.3. The highest BCUT2D eigenvalue weighted by molar-refractivity contribution is 9.10. The number of hydrogen-bond donors (Lipinski definition) is 1. The molecule has 4 rings (SSSR count). The lowest BCUT2D eigenvalue weighted by Crippen LogP contribution is -2.30. The van der Waals surface area contributed by atoms with Gasteiger partial charge in [0.05, 0.1) is 0 Å². The molecule has 0 saturated carbocycles. The van der Waals surface area contributed by atoms with Gasteiger partial charge in [-0.05, 0) is 98.2 Å². The molecule has 0 bridgehead atoms. The van der Waals surface area contributed by atoms with Crippen molar-refractivity contribution in [2.75, 3.05) is 5.75 Å². The van der Waals surface area contributed by atoms with Gasteiger partial charge in [-0.3, -0.25) is 0 Å². The Morgan fingerprint density at radius 3 is 2.17 bits per heavy atom. The van der Waals surface area contributed by atoms with Crippen molar-refractivity contribution in [2.45, 2.75) is 51.5 Å². The topological polar surface area (TPSA) is 46.5 Å². The zero-order valence-corrected chi connectivity index (χ0v) is 23.5. The number of carboxylic acid groups (broad SMARTS) is 1. The Hall–Kier alpha value is -2.76. The van der Waals surface area contributed by atoms with Crippen LogP contribution in [0.3, 0.4) is 0 Å². The molecule has 0 aliphatic carbocycles. The van der Waals surface area contributed by atoms with Crippen molar-refractivity contribution in [1.29, 1.82) is 0 Å². The fraction of sp³-hybridized carbons (Fsp3) is 0.258. The van der Waals surface area contributed by atoms with Gasteiger partial charge in [0.2, 0.25) is 0 Å². The van der Waals surface area contributed by atoms with Crippen LogP contribution < -0.4 is 4.74 Å². The minimum absolute atomic E-state index is 0.311. The number of thioether (sulfide) groups is 1. The monoisotopic (exact) mass is 562 g/mol. The van der Waals surface area contributed by atoms with E-state index >= 15 is 0 Å². The van der Waals surface area contributed by atoms with Gasteiger partial charge in [0.25, 0.3) is 0 Å². The third-order valence-electron chi connectivity index (χ3n) is 6.40. The summed E-state index contributed by atoms with van der Waals surface area (Å²) in [5.41, 5.74) is 6.50. The number of rotatable bonds is 9. The van der Waals surface area contributed by atoms with Gasteiger partial charge in [-0.2, -0.15) is 0 Å². The standard InChI is InChI=1S/C31H31BrO3S/c1-5-23-27(24-14-10-11-15-25(24)28(32)30(23)36-6-2)22-16-19(3)29(20(4)17-22)35-26(31(33)34)18-21-12-8-7-9-13-21/h7-17,26H,5-6,18H2,1-4H3,(H,33,34)/t26-/m1/s1. The van der Waals surface area contributed by atoms with E-state index in [4.69, 9.17) is 4.74 Å². The molecule has 36 heavy (non-hydrogen) atoms. The lowest BCUT2D eigenvalue weighted by Gasteiger charge is -2.22. The predicted molar refractivity (Wildman–Crippen MR) is 155 cm³/mol. The zero-order valence-electron chi connectivity index (χ0n) is 21.1. The third kappa shape index (κ3) is 5.33. The lowest BCUT2D eigenvalue weighted by atomic mass is 9.90. The summed E-state index contributed by atoms with van der Waals surface area (Å²) in [7, 11) is 0. The van der Waals surface area contributed by atoms with E-state index in [2.05, 4.69) is 66.2 Å². The molecule has 0 amide bonds. The van der Waals surface area contributed by atoms with Crippen LogP contribution in [0.25, 0.3) is 21.9 Å². The molecule has 0 aliphatic heterocycles. The molecular formula is C31H31BrO3S. The number of halogens is 1. The summed E-state index contributed by atoms with van der Waals surface area (Å²) in [6.07, 6.45) is 0.268. The van der Waals surface area contributed by atoms with Crippen molar-refractivity contribution in [3.63, 3.8) is 0 Å². The molecule has 0 unspecified atom stereocenters. The van der Waals surface area contributed by atoms with Crippen LogP contribution in [0.4, 0.5) is 0 Å². The van der Waals surface area contributed by atoms with Gasteiger partial charge in [0.1, 0.15) is 5.75 Å². The quantitative estimate of drug-likeness (QED) is 0.207. The molecule has 5 heteroatoms. The van der Waals surface area contributed by atoms with E-state index in [1.54, 1.807) is 0 Å². The zero-order chi connectivity index (χ0) is 25.8. The number of ether oxygens (including phenoxy) is 1. The second-order valence-corrected chi connectivity index (χ2v) is 11.0. The molecule has 1 N–H and O–H groups in total. The Labute approximate surface area is 226 Å². The van der Waals surface area contributed by atoms with E-state index < -0.39 is 12.1 Å². The van der Waals surface area contributed by atoms with Gasteiger partial charge in [0.15, 0.2) is 6.10 Å². The Morgan fingerprint density at radius 1 is 0.972 bits per heavy atom. The van der Waals surface area contributed by atoms with Gasteiger partial charge in [-0.1, -0.05) is 68.4 Å². The Balaban J connectivity index is 1.81. The van der Waals surface area contributed by atoms with Crippen LogP contribution in [0, 0.1) is 13.8 Å². The molecule has 186 valence electrons. The summed E-state index contributed by atoms with van der Waals surface area (Å²) < 4.78 is 7.30. The third-order valence-corrected chi connectivity index (χ3v) is 8.51. The molecule has 4 aromatic rings. The molecule has 0 radical (unpaired) electrons. The number of benzene rings is 4. The minimum atomic E-state index is -0.963.